The number of nitrogens with two attached hydrogens (primary N) is 1. The third-order valence-corrected chi connectivity index (χ3v) is 5.05. The molecule has 110 valence electrons. The minimum Gasteiger partial charge on any atom is -0.369 e. The zero-order valence-corrected chi connectivity index (χ0v) is 13.2. The van der Waals surface area contributed by atoms with Crippen LogP contribution >= 0.6 is 22.7 Å². The van der Waals surface area contributed by atoms with Crippen molar-refractivity contribution in [2.45, 2.75) is 19.8 Å². The second kappa shape index (κ2) is 6.33. The second-order valence-corrected chi connectivity index (χ2v) is 6.52. The summed E-state index contributed by atoms with van der Waals surface area (Å²) in [6.45, 7) is 2.91. The summed E-state index contributed by atoms with van der Waals surface area (Å²) in [5.74, 6) is 6.70. The molecule has 4 N–H and O–H groups in total. The van der Waals surface area contributed by atoms with Crippen LogP contribution in [0, 0.1) is 0 Å². The van der Waals surface area contributed by atoms with Crippen LogP contribution in [-0.4, -0.2) is 21.5 Å². The van der Waals surface area contributed by atoms with Crippen molar-refractivity contribution in [3.63, 3.8) is 0 Å². The molecule has 21 heavy (non-hydrogen) atoms. The molecule has 0 unspecified atom stereocenters. The predicted molar refractivity (Wildman–Crippen MR) is 88.9 cm³/mol. The first-order chi connectivity index (χ1) is 10.3. The number of rotatable bonds is 6. The second-order valence-electron chi connectivity index (χ2n) is 4.43. The van der Waals surface area contributed by atoms with Crippen molar-refractivity contribution in [1.82, 2.24) is 15.0 Å². The molecule has 0 bridgehead atoms. The number of fused-ring (bicyclic) bond motifs is 1. The third-order valence-electron chi connectivity index (χ3n) is 3.04. The van der Waals surface area contributed by atoms with Crippen LogP contribution in [0.3, 0.4) is 0 Å². The maximum Gasteiger partial charge on any atom is 0.240 e. The van der Waals surface area contributed by atoms with Gasteiger partial charge in [0.1, 0.15) is 10.6 Å². The van der Waals surface area contributed by atoms with E-state index in [1.807, 2.05) is 11.6 Å². The smallest absolute Gasteiger partial charge is 0.240 e. The van der Waals surface area contributed by atoms with Crippen LogP contribution < -0.4 is 16.6 Å². The van der Waals surface area contributed by atoms with Gasteiger partial charge >= 0.3 is 0 Å². The van der Waals surface area contributed by atoms with E-state index in [0.717, 1.165) is 40.4 Å². The first kappa shape index (κ1) is 14.2. The van der Waals surface area contributed by atoms with Crippen LogP contribution in [0.2, 0.25) is 0 Å². The van der Waals surface area contributed by atoms with Crippen molar-refractivity contribution in [3.8, 4) is 0 Å². The Balaban J connectivity index is 1.83. The van der Waals surface area contributed by atoms with Crippen LogP contribution in [0.1, 0.15) is 16.8 Å². The Morgan fingerprint density at radius 2 is 2.24 bits per heavy atom. The molecular formula is C13H16N6S2. The molecule has 0 aliphatic carbocycles. The van der Waals surface area contributed by atoms with Crippen molar-refractivity contribution in [1.29, 1.82) is 0 Å². The molecule has 0 saturated carbocycles. The SMILES string of the molecule is CCc1cc2c(NCCc3nccs3)nc(NN)nc2s1. The number of aryl methyl sites for hydroxylation is 1. The minimum absolute atomic E-state index is 0.434. The summed E-state index contributed by atoms with van der Waals surface area (Å²) < 4.78 is 0. The Morgan fingerprint density at radius 1 is 1.33 bits per heavy atom. The monoisotopic (exact) mass is 320 g/mol. The lowest BCUT2D eigenvalue weighted by Gasteiger charge is -2.07. The van der Waals surface area contributed by atoms with E-state index < -0.39 is 0 Å². The van der Waals surface area contributed by atoms with Gasteiger partial charge in [0.25, 0.3) is 0 Å². The van der Waals surface area contributed by atoms with E-state index in [2.05, 4.69) is 38.7 Å². The first-order valence-corrected chi connectivity index (χ1v) is 8.39. The van der Waals surface area contributed by atoms with Gasteiger partial charge < -0.3 is 5.32 Å². The van der Waals surface area contributed by atoms with Gasteiger partial charge in [0.2, 0.25) is 5.95 Å². The van der Waals surface area contributed by atoms with E-state index in [0.29, 0.717) is 5.95 Å². The normalized spacial score (nSPS) is 11.0. The van der Waals surface area contributed by atoms with Gasteiger partial charge in [-0.15, -0.1) is 22.7 Å². The highest BCUT2D eigenvalue weighted by Crippen LogP contribution is 2.30. The molecule has 0 amide bonds. The summed E-state index contributed by atoms with van der Waals surface area (Å²) in [5.41, 5.74) is 2.52. The van der Waals surface area contributed by atoms with Crippen LogP contribution in [0.15, 0.2) is 17.6 Å². The molecule has 0 spiro atoms. The van der Waals surface area contributed by atoms with E-state index >= 15 is 0 Å². The van der Waals surface area contributed by atoms with Gasteiger partial charge in [0, 0.05) is 29.4 Å². The van der Waals surface area contributed by atoms with Gasteiger partial charge in [-0.3, -0.25) is 5.43 Å². The number of nitrogens with one attached hydrogen (secondary N) is 2. The molecule has 0 atom stereocenters. The fourth-order valence-electron chi connectivity index (χ4n) is 2.01. The highest BCUT2D eigenvalue weighted by molar-refractivity contribution is 7.18. The Hall–Kier alpha value is -1.77. The summed E-state index contributed by atoms with van der Waals surface area (Å²) in [5, 5.41) is 7.52. The zero-order chi connectivity index (χ0) is 14.7. The molecule has 6 nitrogen and oxygen atoms in total. The average molecular weight is 320 g/mol. The topological polar surface area (TPSA) is 88.8 Å². The number of hydrogen-bond acceptors (Lipinski definition) is 8. The Bertz CT molecular complexity index is 722. The molecule has 0 saturated heterocycles. The van der Waals surface area contributed by atoms with Gasteiger partial charge in [0.15, 0.2) is 0 Å². The number of nitrogen functional groups attached to an aromatic ring is 1. The number of aromatic nitrogens is 3. The lowest BCUT2D eigenvalue weighted by molar-refractivity contribution is 0.987. The molecule has 0 aromatic carbocycles. The quantitative estimate of drug-likeness (QED) is 0.478. The van der Waals surface area contributed by atoms with E-state index in [9.17, 15) is 0 Å². The summed E-state index contributed by atoms with van der Waals surface area (Å²) in [6, 6.07) is 2.14. The minimum atomic E-state index is 0.434. The van der Waals surface area contributed by atoms with Crippen LogP contribution in [0.4, 0.5) is 11.8 Å². The van der Waals surface area contributed by atoms with Crippen molar-refractivity contribution in [2.24, 2.45) is 5.84 Å². The maximum atomic E-state index is 5.45. The molecule has 0 aliphatic heterocycles. The van der Waals surface area contributed by atoms with Gasteiger partial charge in [-0.25, -0.2) is 15.8 Å². The number of hydrazine groups is 1. The Labute approximate surface area is 130 Å². The molecule has 3 aromatic rings. The number of anilines is 2. The summed E-state index contributed by atoms with van der Waals surface area (Å²) in [7, 11) is 0. The van der Waals surface area contributed by atoms with Gasteiger partial charge in [-0.1, -0.05) is 6.92 Å². The molecule has 0 aliphatic rings. The number of hydrogen-bond donors (Lipinski definition) is 3. The van der Waals surface area contributed by atoms with Crippen molar-refractivity contribution in [2.75, 3.05) is 17.3 Å². The fourth-order valence-corrected chi connectivity index (χ4v) is 3.60. The summed E-state index contributed by atoms with van der Waals surface area (Å²) in [6.07, 6.45) is 3.69. The third kappa shape index (κ3) is 3.12. The van der Waals surface area contributed by atoms with Crippen molar-refractivity contribution in [3.05, 3.63) is 27.5 Å². The lowest BCUT2D eigenvalue weighted by Crippen LogP contribution is -2.13. The van der Waals surface area contributed by atoms with Crippen molar-refractivity contribution < 1.29 is 0 Å². The highest BCUT2D eigenvalue weighted by Gasteiger charge is 2.11. The van der Waals surface area contributed by atoms with E-state index in [1.54, 1.807) is 22.7 Å². The van der Waals surface area contributed by atoms with E-state index in [1.165, 1.54) is 4.88 Å². The average Bonchev–Trinajstić information content (AvgIpc) is 3.15. The molecule has 0 fully saturated rings. The molecular weight excluding hydrogens is 304 g/mol. The molecule has 0 radical (unpaired) electrons. The lowest BCUT2D eigenvalue weighted by atomic mass is 10.3. The summed E-state index contributed by atoms with van der Waals surface area (Å²) >= 11 is 3.34. The fraction of sp³-hybridized carbons (Fsp3) is 0.308. The number of thiazole rings is 1. The highest BCUT2D eigenvalue weighted by atomic mass is 32.1. The molecule has 3 heterocycles. The van der Waals surface area contributed by atoms with E-state index in [4.69, 9.17) is 5.84 Å². The Morgan fingerprint density at radius 3 is 2.95 bits per heavy atom. The van der Waals surface area contributed by atoms with Crippen LogP contribution in [0.25, 0.3) is 10.2 Å². The van der Waals surface area contributed by atoms with Gasteiger partial charge in [-0.2, -0.15) is 4.98 Å². The standard InChI is InChI=1S/C13H16N6S2/c1-2-8-7-9-11(16-4-3-10-15-5-6-20-10)17-13(19-14)18-12(9)21-8/h5-7H,2-4,14H2,1H3,(H2,16,17,18,19). The first-order valence-electron chi connectivity index (χ1n) is 6.69. The predicted octanol–water partition coefficient (Wildman–Crippen LogP) is 2.65. The molecule has 8 heteroatoms. The Kier molecular flexibility index (Phi) is 4.28. The molecule has 3 aromatic heterocycles. The van der Waals surface area contributed by atoms with Gasteiger partial charge in [0.05, 0.1) is 10.4 Å². The maximum absolute atomic E-state index is 5.45. The number of nitrogens with zero attached hydrogens (tertiary/aromatic N) is 3. The van der Waals surface area contributed by atoms with Crippen LogP contribution in [0.5, 0.6) is 0 Å². The van der Waals surface area contributed by atoms with Gasteiger partial charge in [-0.05, 0) is 12.5 Å². The number of thiophene rings is 1. The summed E-state index contributed by atoms with van der Waals surface area (Å²) in [4.78, 5) is 15.3. The van der Waals surface area contributed by atoms with Crippen molar-refractivity contribution >= 4 is 44.7 Å². The largest absolute Gasteiger partial charge is 0.369 e. The zero-order valence-electron chi connectivity index (χ0n) is 11.6. The van der Waals surface area contributed by atoms with E-state index in [-0.39, 0.29) is 0 Å². The van der Waals surface area contributed by atoms with Crippen LogP contribution in [-0.2, 0) is 12.8 Å². The molecule has 3 rings (SSSR count).